The van der Waals surface area contributed by atoms with Crippen LogP contribution in [0.15, 0.2) is 42.6 Å². The molecule has 0 aliphatic carbocycles. The first kappa shape index (κ1) is 31.4. The van der Waals surface area contributed by atoms with Crippen molar-refractivity contribution >= 4 is 34.6 Å². The Morgan fingerprint density at radius 2 is 1.66 bits per heavy atom. The van der Waals surface area contributed by atoms with Gasteiger partial charge in [0.2, 0.25) is 0 Å². The van der Waals surface area contributed by atoms with Crippen LogP contribution in [-0.2, 0) is 22.5 Å². The summed E-state index contributed by atoms with van der Waals surface area (Å²) in [6.07, 6.45) is 4.30. The van der Waals surface area contributed by atoms with E-state index >= 15 is 0 Å². The third-order valence-corrected chi connectivity index (χ3v) is 10.6. The molecule has 3 saturated heterocycles. The molecule has 3 fully saturated rings. The molecule has 47 heavy (non-hydrogen) atoms. The summed E-state index contributed by atoms with van der Waals surface area (Å²) in [4.78, 5) is 50.9. The van der Waals surface area contributed by atoms with Crippen molar-refractivity contribution in [1.29, 1.82) is 0 Å². The zero-order chi connectivity index (χ0) is 32.5. The van der Waals surface area contributed by atoms with E-state index in [-0.39, 0.29) is 18.0 Å². The molecule has 4 aliphatic rings. The summed E-state index contributed by atoms with van der Waals surface area (Å²) < 4.78 is 6.11. The second-order valence-electron chi connectivity index (χ2n) is 13.7. The Kier molecular flexibility index (Phi) is 9.05. The lowest BCUT2D eigenvalue weighted by atomic mass is 10.0. The lowest BCUT2D eigenvalue weighted by Crippen LogP contribution is -2.56. The minimum atomic E-state index is -0.928. The number of ether oxygens (including phenoxy) is 1. The first-order valence-electron chi connectivity index (χ1n) is 17.1. The van der Waals surface area contributed by atoms with Crippen LogP contribution in [0.5, 0.6) is 0 Å². The minimum Gasteiger partial charge on any atom is -0.436 e. The normalized spacial score (nSPS) is 21.1. The van der Waals surface area contributed by atoms with Gasteiger partial charge in [-0.3, -0.25) is 14.8 Å². The molecule has 7 rings (SSSR count). The summed E-state index contributed by atoms with van der Waals surface area (Å²) in [6, 6.07) is 12.4. The number of aryl methyl sites for hydroxylation is 1. The van der Waals surface area contributed by atoms with Crippen LogP contribution in [0, 0.1) is 6.92 Å². The number of fused-ring (bicyclic) bond motifs is 2. The SMILES string of the molecule is Cc1cc(CC(OC(=O)N2CCC(N3Cc4ccccc4NC3=O)CC2)C(=O)N2CCN(C3CCN(C)CC3)CC2)cc2cn[nH]c12. The number of likely N-dealkylation sites (tertiary alicyclic amines) is 2. The highest BCUT2D eigenvalue weighted by Gasteiger charge is 2.36. The molecule has 0 radical (unpaired) electrons. The molecule has 4 amide bonds. The lowest BCUT2D eigenvalue weighted by molar-refractivity contribution is -0.143. The molecular weight excluding hydrogens is 596 g/mol. The van der Waals surface area contributed by atoms with Crippen LogP contribution in [0.3, 0.4) is 0 Å². The Morgan fingerprint density at radius 1 is 0.936 bits per heavy atom. The molecule has 12 nitrogen and oxygen atoms in total. The van der Waals surface area contributed by atoms with E-state index in [0.717, 1.165) is 72.3 Å². The number of anilines is 1. The Balaban J connectivity index is 1.00. The van der Waals surface area contributed by atoms with E-state index in [1.165, 1.54) is 0 Å². The van der Waals surface area contributed by atoms with Crippen molar-refractivity contribution < 1.29 is 19.1 Å². The maximum Gasteiger partial charge on any atom is 0.410 e. The maximum atomic E-state index is 14.1. The Bertz CT molecular complexity index is 1600. The van der Waals surface area contributed by atoms with E-state index in [9.17, 15) is 14.4 Å². The van der Waals surface area contributed by atoms with Gasteiger partial charge in [-0.05, 0) is 81.6 Å². The summed E-state index contributed by atoms with van der Waals surface area (Å²) >= 11 is 0. The number of piperazine rings is 1. The van der Waals surface area contributed by atoms with Gasteiger partial charge in [0.1, 0.15) is 0 Å². The van der Waals surface area contributed by atoms with Crippen molar-refractivity contribution in [2.24, 2.45) is 0 Å². The molecule has 250 valence electrons. The average Bonchev–Trinajstić information content (AvgIpc) is 3.57. The van der Waals surface area contributed by atoms with Gasteiger partial charge in [-0.25, -0.2) is 9.59 Å². The number of urea groups is 1. The first-order valence-corrected chi connectivity index (χ1v) is 17.1. The number of hydrogen-bond donors (Lipinski definition) is 2. The highest BCUT2D eigenvalue weighted by molar-refractivity contribution is 5.92. The van der Waals surface area contributed by atoms with Gasteiger partial charge in [0.05, 0.1) is 11.7 Å². The first-order chi connectivity index (χ1) is 22.8. The van der Waals surface area contributed by atoms with Crippen LogP contribution < -0.4 is 5.32 Å². The fraction of sp³-hybridized carbons (Fsp3) is 0.543. The van der Waals surface area contributed by atoms with Crippen LogP contribution in [0.1, 0.15) is 42.4 Å². The lowest BCUT2D eigenvalue weighted by Gasteiger charge is -2.43. The van der Waals surface area contributed by atoms with Crippen LogP contribution in [0.4, 0.5) is 15.3 Å². The smallest absolute Gasteiger partial charge is 0.410 e. The van der Waals surface area contributed by atoms with E-state index in [1.807, 2.05) is 53.1 Å². The monoisotopic (exact) mass is 642 g/mol. The molecule has 12 heteroatoms. The van der Waals surface area contributed by atoms with Crippen LogP contribution in [0.2, 0.25) is 0 Å². The number of aromatic amines is 1. The van der Waals surface area contributed by atoms with Gasteiger partial charge >= 0.3 is 12.1 Å². The number of para-hydroxylation sites is 1. The summed E-state index contributed by atoms with van der Waals surface area (Å²) in [5, 5.41) is 11.2. The molecule has 4 aliphatic heterocycles. The molecule has 1 aromatic heterocycles. The molecule has 1 unspecified atom stereocenters. The van der Waals surface area contributed by atoms with Crippen LogP contribution in [0.25, 0.3) is 10.9 Å². The summed E-state index contributed by atoms with van der Waals surface area (Å²) in [5.74, 6) is -0.134. The van der Waals surface area contributed by atoms with E-state index in [4.69, 9.17) is 4.74 Å². The predicted molar refractivity (Wildman–Crippen MR) is 179 cm³/mol. The summed E-state index contributed by atoms with van der Waals surface area (Å²) in [6.45, 7) is 8.65. The van der Waals surface area contributed by atoms with Crippen molar-refractivity contribution in [1.82, 2.24) is 34.7 Å². The molecule has 2 aromatic carbocycles. The van der Waals surface area contributed by atoms with Gasteiger partial charge in [-0.15, -0.1) is 0 Å². The van der Waals surface area contributed by atoms with Gasteiger partial charge in [-0.1, -0.05) is 24.3 Å². The fourth-order valence-corrected chi connectivity index (χ4v) is 7.77. The van der Waals surface area contributed by atoms with Crippen LogP contribution >= 0.6 is 0 Å². The van der Waals surface area contributed by atoms with Crippen molar-refractivity contribution in [2.45, 2.75) is 63.8 Å². The second kappa shape index (κ2) is 13.5. The number of hydrogen-bond acceptors (Lipinski definition) is 7. The van der Waals surface area contributed by atoms with Gasteiger partial charge < -0.3 is 29.7 Å². The average molecular weight is 643 g/mol. The molecular formula is C35H46N8O4. The minimum absolute atomic E-state index is 0.0235. The molecule has 3 aromatic rings. The fourth-order valence-electron chi connectivity index (χ4n) is 7.77. The largest absolute Gasteiger partial charge is 0.436 e. The van der Waals surface area contributed by atoms with Crippen molar-refractivity contribution in [3.8, 4) is 0 Å². The number of H-pyrrole nitrogens is 1. The Hall–Kier alpha value is -4.16. The number of amides is 4. The third kappa shape index (κ3) is 6.80. The zero-order valence-electron chi connectivity index (χ0n) is 27.5. The molecule has 0 saturated carbocycles. The number of benzene rings is 2. The molecule has 1 atom stereocenters. The number of rotatable bonds is 6. The highest BCUT2D eigenvalue weighted by atomic mass is 16.6. The van der Waals surface area contributed by atoms with Gasteiger partial charge in [0.25, 0.3) is 5.91 Å². The topological polar surface area (TPSA) is 117 Å². The summed E-state index contributed by atoms with van der Waals surface area (Å²) in [5.41, 5.74) is 4.88. The van der Waals surface area contributed by atoms with Gasteiger partial charge in [-0.2, -0.15) is 5.10 Å². The quantitative estimate of drug-likeness (QED) is 0.422. The van der Waals surface area contributed by atoms with E-state index in [0.29, 0.717) is 58.0 Å². The second-order valence-corrected chi connectivity index (χ2v) is 13.7. The van der Waals surface area contributed by atoms with Crippen LogP contribution in [-0.4, -0.2) is 130 Å². The van der Waals surface area contributed by atoms with Gasteiger partial charge in [0, 0.05) is 75.4 Å². The highest BCUT2D eigenvalue weighted by Crippen LogP contribution is 2.28. The number of piperidine rings is 2. The molecule has 5 heterocycles. The zero-order valence-corrected chi connectivity index (χ0v) is 27.5. The number of carbonyl (C=O) groups excluding carboxylic acids is 3. The molecule has 0 bridgehead atoms. The maximum absolute atomic E-state index is 14.1. The summed E-state index contributed by atoms with van der Waals surface area (Å²) in [7, 11) is 2.18. The van der Waals surface area contributed by atoms with Crippen molar-refractivity contribution in [2.75, 3.05) is 64.7 Å². The number of nitrogens with one attached hydrogen (secondary N) is 2. The Labute approximate surface area is 276 Å². The molecule has 0 spiro atoms. The van der Waals surface area contributed by atoms with E-state index < -0.39 is 12.2 Å². The number of nitrogens with zero attached hydrogens (tertiary/aromatic N) is 6. The number of carbonyl (C=O) groups is 3. The standard InChI is InChI=1S/C35H46N8O4/c1-24-19-25(20-27-22-36-38-32(24)27)21-31(33(44)41-17-15-40(16-18-41)28-7-11-39(2)12-8-28)47-35(46)42-13-9-29(10-14-42)43-23-26-5-3-4-6-30(26)37-34(43)45/h3-6,19-20,22,28-29,31H,7-18,21,23H2,1-2H3,(H,36,38)(H,37,45). The molecule has 2 N–H and O–H groups in total. The predicted octanol–water partition coefficient (Wildman–Crippen LogP) is 3.67. The van der Waals surface area contributed by atoms with E-state index in [2.05, 4.69) is 32.4 Å². The number of aromatic nitrogens is 2. The van der Waals surface area contributed by atoms with Crippen molar-refractivity contribution in [3.05, 3.63) is 59.3 Å². The van der Waals surface area contributed by atoms with Crippen molar-refractivity contribution in [3.63, 3.8) is 0 Å². The van der Waals surface area contributed by atoms with E-state index in [1.54, 1.807) is 11.1 Å². The van der Waals surface area contributed by atoms with Gasteiger partial charge in [0.15, 0.2) is 6.10 Å². The Morgan fingerprint density at radius 3 is 2.43 bits per heavy atom. The third-order valence-electron chi connectivity index (χ3n) is 10.6.